The molecule has 0 fully saturated rings. The Labute approximate surface area is 220 Å². The number of thioether (sulfide) groups is 1. The highest BCUT2D eigenvalue weighted by Crippen LogP contribution is 2.29. The van der Waals surface area contributed by atoms with Crippen LogP contribution in [0.2, 0.25) is 0 Å². The zero-order valence-electron chi connectivity index (χ0n) is 23.3. The molecule has 1 aromatic rings. The Hall–Kier alpha value is -2.42. The first-order chi connectivity index (χ1) is 16.7. The Morgan fingerprint density at radius 1 is 1.11 bits per heavy atom. The smallest absolute Gasteiger partial charge is 0.408 e. The van der Waals surface area contributed by atoms with Crippen LogP contribution < -0.4 is 10.6 Å². The summed E-state index contributed by atoms with van der Waals surface area (Å²) in [4.78, 5) is 41.7. The second kappa shape index (κ2) is 14.4. The molecular formula is C27H45N3O5S. The number of nitrogens with one attached hydrogen (secondary N) is 2. The first kappa shape index (κ1) is 31.6. The molecule has 0 bridgehead atoms. The third kappa shape index (κ3) is 9.91. The maximum atomic E-state index is 14.0. The Morgan fingerprint density at radius 2 is 1.75 bits per heavy atom. The minimum Gasteiger partial charge on any atom is -0.508 e. The summed E-state index contributed by atoms with van der Waals surface area (Å²) in [7, 11) is 0. The number of hydrogen-bond donors (Lipinski definition) is 3. The molecule has 1 rings (SSSR count). The highest BCUT2D eigenvalue weighted by Gasteiger charge is 2.38. The molecule has 3 unspecified atom stereocenters. The van der Waals surface area contributed by atoms with Crippen LogP contribution in [0.25, 0.3) is 0 Å². The van der Waals surface area contributed by atoms with Gasteiger partial charge in [0.25, 0.3) is 0 Å². The van der Waals surface area contributed by atoms with Gasteiger partial charge in [0, 0.05) is 12.1 Å². The predicted molar refractivity (Wildman–Crippen MR) is 146 cm³/mol. The number of alkyl carbamates (subject to hydrolysis) is 1. The second-order valence-electron chi connectivity index (χ2n) is 10.5. The molecule has 0 saturated heterocycles. The van der Waals surface area contributed by atoms with Crippen molar-refractivity contribution in [2.24, 2.45) is 0 Å². The van der Waals surface area contributed by atoms with Crippen LogP contribution >= 0.6 is 11.8 Å². The summed E-state index contributed by atoms with van der Waals surface area (Å²) in [5, 5.41) is 15.8. The molecule has 1 aromatic carbocycles. The van der Waals surface area contributed by atoms with E-state index in [0.29, 0.717) is 23.3 Å². The third-order valence-electron chi connectivity index (χ3n) is 5.58. The SMILES string of the molecule is CCCC(C)NC(=O)C(c1ccc(O)c(C)c1)N(C(=O)C(CCSC)NC(=O)OC(C)(C)C)C(C)C. The van der Waals surface area contributed by atoms with E-state index < -0.39 is 23.8 Å². The number of phenolic OH excluding ortho intramolecular Hbond substituents is 1. The number of carbonyl (C=O) groups is 3. The van der Waals surface area contributed by atoms with Gasteiger partial charge in [0.05, 0.1) is 0 Å². The number of aryl methyl sites for hydroxylation is 1. The molecule has 0 radical (unpaired) electrons. The lowest BCUT2D eigenvalue weighted by atomic mass is 9.98. The van der Waals surface area contributed by atoms with Crippen LogP contribution in [0.5, 0.6) is 5.75 Å². The number of amides is 3. The van der Waals surface area contributed by atoms with Gasteiger partial charge >= 0.3 is 6.09 Å². The van der Waals surface area contributed by atoms with Crippen molar-refractivity contribution in [1.29, 1.82) is 0 Å². The van der Waals surface area contributed by atoms with Crippen molar-refractivity contribution in [2.45, 2.75) is 104 Å². The first-order valence-electron chi connectivity index (χ1n) is 12.6. The van der Waals surface area contributed by atoms with Crippen LogP contribution in [0, 0.1) is 6.92 Å². The van der Waals surface area contributed by atoms with Crippen LogP contribution in [-0.2, 0) is 14.3 Å². The van der Waals surface area contributed by atoms with Gasteiger partial charge in [-0.3, -0.25) is 9.59 Å². The van der Waals surface area contributed by atoms with Gasteiger partial charge in [-0.25, -0.2) is 4.79 Å². The van der Waals surface area contributed by atoms with Crippen molar-refractivity contribution in [2.75, 3.05) is 12.0 Å². The van der Waals surface area contributed by atoms with E-state index in [-0.39, 0.29) is 29.6 Å². The molecule has 0 saturated carbocycles. The van der Waals surface area contributed by atoms with Crippen LogP contribution in [0.15, 0.2) is 18.2 Å². The average Bonchev–Trinajstić information content (AvgIpc) is 2.74. The van der Waals surface area contributed by atoms with E-state index in [1.165, 1.54) is 11.0 Å². The number of ether oxygens (including phenoxy) is 1. The van der Waals surface area contributed by atoms with E-state index in [0.717, 1.165) is 12.8 Å². The third-order valence-corrected chi connectivity index (χ3v) is 6.23. The zero-order valence-corrected chi connectivity index (χ0v) is 24.1. The summed E-state index contributed by atoms with van der Waals surface area (Å²) in [5.74, 6) is 0.0907. The molecule has 3 N–H and O–H groups in total. The lowest BCUT2D eigenvalue weighted by Crippen LogP contribution is -2.55. The van der Waals surface area contributed by atoms with Gasteiger partial charge in [-0.05, 0) is 96.6 Å². The van der Waals surface area contributed by atoms with Crippen molar-refractivity contribution >= 4 is 29.7 Å². The Kier molecular flexibility index (Phi) is 12.6. The van der Waals surface area contributed by atoms with Crippen LogP contribution in [-0.4, -0.2) is 63.6 Å². The summed E-state index contributed by atoms with van der Waals surface area (Å²) in [6.07, 6.45) is 3.36. The monoisotopic (exact) mass is 523 g/mol. The highest BCUT2D eigenvalue weighted by atomic mass is 32.2. The molecule has 3 atom stereocenters. The molecule has 0 aromatic heterocycles. The average molecular weight is 524 g/mol. The number of benzene rings is 1. The van der Waals surface area contributed by atoms with E-state index in [2.05, 4.69) is 10.6 Å². The molecule has 8 nitrogen and oxygen atoms in total. The van der Waals surface area contributed by atoms with E-state index in [1.807, 2.05) is 34.0 Å². The van der Waals surface area contributed by atoms with Crippen LogP contribution in [0.4, 0.5) is 4.79 Å². The fourth-order valence-corrected chi connectivity index (χ4v) is 4.39. The van der Waals surface area contributed by atoms with Crippen molar-refractivity contribution in [3.63, 3.8) is 0 Å². The molecule has 0 aliphatic heterocycles. The summed E-state index contributed by atoms with van der Waals surface area (Å²) in [6, 6.07) is 2.71. The van der Waals surface area contributed by atoms with Crippen molar-refractivity contribution < 1.29 is 24.2 Å². The normalized spacial score (nSPS) is 14.1. The van der Waals surface area contributed by atoms with Gasteiger partial charge in [-0.15, -0.1) is 0 Å². The first-order valence-corrected chi connectivity index (χ1v) is 14.0. The predicted octanol–water partition coefficient (Wildman–Crippen LogP) is 4.93. The van der Waals surface area contributed by atoms with Gasteiger partial charge in [0.15, 0.2) is 0 Å². The number of phenols is 1. The van der Waals surface area contributed by atoms with E-state index in [9.17, 15) is 19.5 Å². The number of carbonyl (C=O) groups excluding carboxylic acids is 3. The van der Waals surface area contributed by atoms with Crippen LogP contribution in [0.1, 0.15) is 84.9 Å². The Morgan fingerprint density at radius 3 is 2.25 bits per heavy atom. The summed E-state index contributed by atoms with van der Waals surface area (Å²) in [5.41, 5.74) is 0.486. The summed E-state index contributed by atoms with van der Waals surface area (Å²) in [6.45, 7) is 14.7. The molecule has 0 heterocycles. The van der Waals surface area contributed by atoms with Gasteiger partial charge in [0.1, 0.15) is 23.4 Å². The van der Waals surface area contributed by atoms with Crippen LogP contribution in [0.3, 0.4) is 0 Å². The summed E-state index contributed by atoms with van der Waals surface area (Å²) < 4.78 is 5.40. The van der Waals surface area contributed by atoms with Crippen molar-refractivity contribution in [3.05, 3.63) is 29.3 Å². The quantitative estimate of drug-likeness (QED) is 0.359. The number of aromatic hydroxyl groups is 1. The second-order valence-corrected chi connectivity index (χ2v) is 11.5. The molecule has 36 heavy (non-hydrogen) atoms. The lowest BCUT2D eigenvalue weighted by Gasteiger charge is -2.37. The molecule has 9 heteroatoms. The minimum absolute atomic E-state index is 0.0699. The van der Waals surface area contributed by atoms with Gasteiger partial charge in [-0.1, -0.05) is 19.4 Å². The largest absolute Gasteiger partial charge is 0.508 e. The van der Waals surface area contributed by atoms with E-state index in [4.69, 9.17) is 4.74 Å². The number of hydrogen-bond acceptors (Lipinski definition) is 6. The number of nitrogens with zero attached hydrogens (tertiary/aromatic N) is 1. The molecule has 0 aliphatic carbocycles. The fraction of sp³-hybridized carbons (Fsp3) is 0.667. The fourth-order valence-electron chi connectivity index (χ4n) is 3.92. The molecule has 204 valence electrons. The van der Waals surface area contributed by atoms with Gasteiger partial charge in [-0.2, -0.15) is 11.8 Å². The molecular weight excluding hydrogens is 478 g/mol. The maximum absolute atomic E-state index is 14.0. The molecule has 0 spiro atoms. The topological polar surface area (TPSA) is 108 Å². The number of rotatable bonds is 12. The minimum atomic E-state index is -0.937. The maximum Gasteiger partial charge on any atom is 0.408 e. The van der Waals surface area contributed by atoms with E-state index >= 15 is 0 Å². The standard InChI is InChI=1S/C27H45N3O5S/c1-10-11-19(5)28-24(32)23(20-12-13-22(31)18(4)16-20)30(17(2)3)25(33)21(14-15-36-9)29-26(34)35-27(6,7)8/h12-13,16-17,19,21,23,31H,10-11,14-15H2,1-9H3,(H,28,32)(H,29,34). The van der Waals surface area contributed by atoms with Gasteiger partial charge < -0.3 is 25.4 Å². The van der Waals surface area contributed by atoms with Gasteiger partial charge in [0.2, 0.25) is 11.8 Å². The Bertz CT molecular complexity index is 885. The Balaban J connectivity index is 3.48. The lowest BCUT2D eigenvalue weighted by molar-refractivity contribution is -0.144. The molecule has 3 amide bonds. The van der Waals surface area contributed by atoms with E-state index in [1.54, 1.807) is 51.6 Å². The van der Waals surface area contributed by atoms with Crippen molar-refractivity contribution in [1.82, 2.24) is 15.5 Å². The zero-order chi connectivity index (χ0) is 27.6. The summed E-state index contributed by atoms with van der Waals surface area (Å²) >= 11 is 1.57. The van der Waals surface area contributed by atoms with Crippen molar-refractivity contribution in [3.8, 4) is 5.75 Å². The highest BCUT2D eigenvalue weighted by molar-refractivity contribution is 7.98. The molecule has 0 aliphatic rings.